The molecule has 7 heteroatoms. The summed E-state index contributed by atoms with van der Waals surface area (Å²) in [5.41, 5.74) is 1.89. The van der Waals surface area contributed by atoms with Crippen LogP contribution in [0.15, 0.2) is 63.8 Å². The number of carbonyl (C=O) groups is 1. The number of hydrogen-bond donors (Lipinski definition) is 1. The molecule has 2 aromatic carbocycles. The number of anilines is 1. The molecule has 25 heavy (non-hydrogen) atoms. The number of amides is 1. The summed E-state index contributed by atoms with van der Waals surface area (Å²) >= 11 is 4.67. The number of nitrogens with zero attached hydrogens (tertiary/aromatic N) is 2. The molecule has 0 radical (unpaired) electrons. The Bertz CT molecular complexity index is 836. The Hall–Kier alpha value is -1.83. The van der Waals surface area contributed by atoms with E-state index in [1.807, 2.05) is 42.5 Å². The molecule has 1 amide bonds. The minimum Gasteiger partial charge on any atom is -0.296 e. The molecule has 3 rings (SSSR count). The Kier molecular flexibility index (Phi) is 6.49. The van der Waals surface area contributed by atoms with Gasteiger partial charge in [-0.1, -0.05) is 72.5 Å². The zero-order chi connectivity index (χ0) is 17.5. The molecule has 4 nitrogen and oxygen atoms in total. The van der Waals surface area contributed by atoms with Crippen molar-refractivity contribution in [3.63, 3.8) is 0 Å². The summed E-state index contributed by atoms with van der Waals surface area (Å²) in [5, 5.41) is 11.5. The second kappa shape index (κ2) is 9.03. The van der Waals surface area contributed by atoms with E-state index in [1.165, 1.54) is 16.9 Å². The van der Waals surface area contributed by atoms with Crippen LogP contribution in [0.1, 0.15) is 22.8 Å². The van der Waals surface area contributed by atoms with E-state index in [4.69, 9.17) is 0 Å². The van der Waals surface area contributed by atoms with Crippen LogP contribution in [-0.4, -0.2) is 21.9 Å². The van der Waals surface area contributed by atoms with Crippen LogP contribution in [0.5, 0.6) is 0 Å². The smallest absolute Gasteiger partial charge is 0.258 e. The summed E-state index contributed by atoms with van der Waals surface area (Å²) in [6.07, 6.45) is 0. The summed E-state index contributed by atoms with van der Waals surface area (Å²) in [6.45, 7) is 2.06. The highest BCUT2D eigenvalue weighted by molar-refractivity contribution is 8.01. The van der Waals surface area contributed by atoms with E-state index in [1.54, 1.807) is 23.5 Å². The van der Waals surface area contributed by atoms with E-state index in [0.717, 1.165) is 20.7 Å². The van der Waals surface area contributed by atoms with Gasteiger partial charge in [-0.05, 0) is 23.4 Å². The first-order chi connectivity index (χ1) is 12.3. The van der Waals surface area contributed by atoms with Crippen LogP contribution in [0.2, 0.25) is 0 Å². The Morgan fingerprint density at radius 2 is 1.80 bits per heavy atom. The lowest BCUT2D eigenvalue weighted by atomic mass is 10.2. The Balaban J connectivity index is 1.69. The molecule has 0 aliphatic heterocycles. The van der Waals surface area contributed by atoms with Crippen molar-refractivity contribution in [3.8, 4) is 0 Å². The van der Waals surface area contributed by atoms with Gasteiger partial charge in [-0.15, -0.1) is 22.0 Å². The minimum absolute atomic E-state index is 0.152. The lowest BCUT2D eigenvalue weighted by Crippen LogP contribution is -2.12. The number of hydrogen-bond acceptors (Lipinski definition) is 6. The first-order valence-corrected chi connectivity index (χ1v) is 10.6. The lowest BCUT2D eigenvalue weighted by molar-refractivity contribution is 0.102. The molecule has 1 heterocycles. The van der Waals surface area contributed by atoms with Gasteiger partial charge >= 0.3 is 0 Å². The molecule has 3 aromatic rings. The molecule has 0 unspecified atom stereocenters. The van der Waals surface area contributed by atoms with Crippen LogP contribution >= 0.6 is 34.9 Å². The van der Waals surface area contributed by atoms with Gasteiger partial charge in [-0.3, -0.25) is 10.1 Å². The molecule has 128 valence electrons. The predicted molar refractivity (Wildman–Crippen MR) is 107 cm³/mol. The van der Waals surface area contributed by atoms with E-state index in [2.05, 4.69) is 34.6 Å². The molecular formula is C18H17N3OS3. The first kappa shape index (κ1) is 18.0. The first-order valence-electron chi connectivity index (χ1n) is 7.79. The highest BCUT2D eigenvalue weighted by Crippen LogP contribution is 2.28. The summed E-state index contributed by atoms with van der Waals surface area (Å²) in [7, 11) is 0. The fraction of sp³-hybridized carbons (Fsp3) is 0.167. The summed E-state index contributed by atoms with van der Waals surface area (Å²) in [4.78, 5) is 13.6. The fourth-order valence-electron chi connectivity index (χ4n) is 2.12. The van der Waals surface area contributed by atoms with Gasteiger partial charge in [-0.2, -0.15) is 0 Å². The van der Waals surface area contributed by atoms with Crippen LogP contribution in [0, 0.1) is 0 Å². The average Bonchev–Trinajstić information content (AvgIpc) is 3.08. The largest absolute Gasteiger partial charge is 0.296 e. The van der Waals surface area contributed by atoms with Crippen molar-refractivity contribution in [2.24, 2.45) is 0 Å². The highest BCUT2D eigenvalue weighted by Gasteiger charge is 2.14. The minimum atomic E-state index is -0.152. The third-order valence-corrected chi connectivity index (χ3v) is 6.26. The highest BCUT2D eigenvalue weighted by atomic mass is 32.2. The molecule has 0 bridgehead atoms. The van der Waals surface area contributed by atoms with Crippen LogP contribution < -0.4 is 5.32 Å². The number of benzene rings is 2. The summed E-state index contributed by atoms with van der Waals surface area (Å²) < 4.78 is 0.865. The van der Waals surface area contributed by atoms with Crippen LogP contribution in [0.4, 0.5) is 5.13 Å². The second-order valence-corrected chi connectivity index (χ2v) is 8.54. The van der Waals surface area contributed by atoms with Gasteiger partial charge < -0.3 is 0 Å². The zero-order valence-corrected chi connectivity index (χ0v) is 16.1. The van der Waals surface area contributed by atoms with Gasteiger partial charge in [0.1, 0.15) is 0 Å². The predicted octanol–water partition coefficient (Wildman–Crippen LogP) is 5.19. The molecule has 1 aromatic heterocycles. The van der Waals surface area contributed by atoms with Gasteiger partial charge in [-0.25, -0.2) is 0 Å². The van der Waals surface area contributed by atoms with E-state index in [0.29, 0.717) is 10.7 Å². The lowest BCUT2D eigenvalue weighted by Gasteiger charge is -2.08. The van der Waals surface area contributed by atoms with Gasteiger partial charge in [0.05, 0.1) is 5.56 Å². The van der Waals surface area contributed by atoms with E-state index in [-0.39, 0.29) is 5.91 Å². The van der Waals surface area contributed by atoms with Crippen molar-refractivity contribution in [3.05, 3.63) is 65.7 Å². The zero-order valence-electron chi connectivity index (χ0n) is 13.6. The van der Waals surface area contributed by atoms with Crippen molar-refractivity contribution in [1.82, 2.24) is 10.2 Å². The number of carbonyl (C=O) groups excluding carboxylic acids is 1. The molecule has 0 aliphatic rings. The summed E-state index contributed by atoms with van der Waals surface area (Å²) in [6, 6.07) is 17.9. The molecule has 0 atom stereocenters. The van der Waals surface area contributed by atoms with E-state index >= 15 is 0 Å². The summed E-state index contributed by atoms with van der Waals surface area (Å²) in [5.74, 6) is 1.60. The van der Waals surface area contributed by atoms with Crippen LogP contribution in [0.25, 0.3) is 0 Å². The Labute approximate surface area is 159 Å². The van der Waals surface area contributed by atoms with Crippen molar-refractivity contribution < 1.29 is 4.79 Å². The molecule has 0 aliphatic carbocycles. The van der Waals surface area contributed by atoms with Gasteiger partial charge in [0.25, 0.3) is 5.91 Å². The maximum absolute atomic E-state index is 12.6. The second-order valence-electron chi connectivity index (χ2n) is 5.03. The number of thioether (sulfide) groups is 2. The third kappa shape index (κ3) is 5.07. The SMILES string of the molecule is CCSc1nnc(NC(=O)c2ccccc2SCc2ccccc2)s1. The average molecular weight is 388 g/mol. The number of nitrogens with one attached hydrogen (secondary N) is 1. The van der Waals surface area contributed by atoms with Crippen LogP contribution in [0.3, 0.4) is 0 Å². The van der Waals surface area contributed by atoms with Crippen molar-refractivity contribution >= 4 is 45.9 Å². The van der Waals surface area contributed by atoms with Gasteiger partial charge in [0.15, 0.2) is 4.34 Å². The van der Waals surface area contributed by atoms with Crippen molar-refractivity contribution in [2.45, 2.75) is 21.9 Å². The molecule has 0 saturated carbocycles. The molecule has 1 N–H and O–H groups in total. The van der Waals surface area contributed by atoms with Gasteiger partial charge in [0, 0.05) is 10.6 Å². The molecular weight excluding hydrogens is 370 g/mol. The van der Waals surface area contributed by atoms with E-state index < -0.39 is 0 Å². The maximum Gasteiger partial charge on any atom is 0.258 e. The third-order valence-electron chi connectivity index (χ3n) is 3.26. The van der Waals surface area contributed by atoms with E-state index in [9.17, 15) is 4.79 Å². The maximum atomic E-state index is 12.6. The molecule has 0 fully saturated rings. The topological polar surface area (TPSA) is 54.9 Å². The molecule has 0 saturated heterocycles. The number of rotatable bonds is 7. The Morgan fingerprint density at radius 3 is 2.60 bits per heavy atom. The van der Waals surface area contributed by atoms with Crippen LogP contribution in [-0.2, 0) is 5.75 Å². The number of aromatic nitrogens is 2. The normalized spacial score (nSPS) is 10.6. The monoisotopic (exact) mass is 387 g/mol. The fourth-order valence-corrected chi connectivity index (χ4v) is 4.77. The quantitative estimate of drug-likeness (QED) is 0.446. The Morgan fingerprint density at radius 1 is 1.04 bits per heavy atom. The van der Waals surface area contributed by atoms with Crippen molar-refractivity contribution in [1.29, 1.82) is 0 Å². The van der Waals surface area contributed by atoms with Crippen molar-refractivity contribution in [2.75, 3.05) is 11.1 Å². The van der Waals surface area contributed by atoms with Gasteiger partial charge in [0.2, 0.25) is 5.13 Å². The molecule has 0 spiro atoms. The standard InChI is InChI=1S/C18H17N3OS3/c1-2-23-18-21-20-17(25-18)19-16(22)14-10-6-7-11-15(14)24-12-13-8-4-3-5-9-13/h3-11H,2,12H2,1H3,(H,19,20,22).